The molecule has 0 heterocycles. The smallest absolute Gasteiger partial charge is 0.269 e. The average molecular weight is 165 g/mol. The SMILES string of the molecule is COC(=C[Si]CCl)OC. The van der Waals surface area contributed by atoms with E-state index < -0.39 is 0 Å². The Hall–Kier alpha value is -0.153. The molecule has 0 aromatic heterocycles. The van der Waals surface area contributed by atoms with Crippen molar-refractivity contribution in [3.05, 3.63) is 11.6 Å². The van der Waals surface area contributed by atoms with Crippen molar-refractivity contribution in [3.63, 3.8) is 0 Å². The van der Waals surface area contributed by atoms with Gasteiger partial charge in [0.15, 0.2) is 0 Å². The van der Waals surface area contributed by atoms with Crippen molar-refractivity contribution in [1.82, 2.24) is 0 Å². The maximum Gasteiger partial charge on any atom is 0.269 e. The minimum Gasteiger partial charge on any atom is -0.469 e. The summed E-state index contributed by atoms with van der Waals surface area (Å²) in [7, 11) is 3.69. The van der Waals surface area contributed by atoms with Crippen LogP contribution in [0.5, 0.6) is 0 Å². The highest BCUT2D eigenvalue weighted by Gasteiger charge is 1.90. The van der Waals surface area contributed by atoms with Gasteiger partial charge in [-0.1, -0.05) is 0 Å². The molecule has 52 valence electrons. The number of hydrogen-bond donors (Lipinski definition) is 0. The predicted octanol–water partition coefficient (Wildman–Crippen LogP) is 0.979. The molecule has 9 heavy (non-hydrogen) atoms. The Balaban J connectivity index is 3.48. The van der Waals surface area contributed by atoms with Gasteiger partial charge in [-0.2, -0.15) is 0 Å². The third-order valence-corrected chi connectivity index (χ3v) is 1.76. The van der Waals surface area contributed by atoms with Gasteiger partial charge in [0.2, 0.25) is 0 Å². The molecule has 0 saturated carbocycles. The molecule has 4 heteroatoms. The third-order valence-electron chi connectivity index (χ3n) is 0.699. The fourth-order valence-electron chi connectivity index (χ4n) is 0.323. The van der Waals surface area contributed by atoms with Crippen molar-refractivity contribution < 1.29 is 9.47 Å². The first kappa shape index (κ1) is 8.85. The highest BCUT2D eigenvalue weighted by molar-refractivity contribution is 6.54. The van der Waals surface area contributed by atoms with E-state index in [4.69, 9.17) is 21.1 Å². The second kappa shape index (κ2) is 5.97. The Bertz CT molecular complexity index is 89.0. The van der Waals surface area contributed by atoms with Crippen LogP contribution in [0.25, 0.3) is 0 Å². The number of hydrogen-bond acceptors (Lipinski definition) is 2. The number of rotatable bonds is 4. The molecule has 0 rings (SSSR count). The fourth-order valence-corrected chi connectivity index (χ4v) is 1.03. The van der Waals surface area contributed by atoms with Crippen LogP contribution >= 0.6 is 11.6 Å². The molecule has 0 amide bonds. The predicted molar refractivity (Wildman–Crippen MR) is 38.6 cm³/mol. The minimum atomic E-state index is 0.536. The molecule has 0 unspecified atom stereocenters. The van der Waals surface area contributed by atoms with Gasteiger partial charge in [0.05, 0.1) is 23.7 Å². The van der Waals surface area contributed by atoms with Crippen LogP contribution in [-0.4, -0.2) is 29.2 Å². The van der Waals surface area contributed by atoms with E-state index in [9.17, 15) is 0 Å². The van der Waals surface area contributed by atoms with Crippen LogP contribution in [0.15, 0.2) is 11.6 Å². The first-order valence-electron chi connectivity index (χ1n) is 2.42. The van der Waals surface area contributed by atoms with Crippen molar-refractivity contribution in [2.24, 2.45) is 0 Å². The Morgan fingerprint density at radius 1 is 1.56 bits per heavy atom. The zero-order valence-electron chi connectivity index (χ0n) is 5.48. The molecule has 0 aliphatic rings. The first-order valence-corrected chi connectivity index (χ1v) is 4.24. The summed E-state index contributed by atoms with van der Waals surface area (Å²) >= 11 is 5.42. The topological polar surface area (TPSA) is 18.5 Å². The molecular formula is C5H9ClO2Si. The van der Waals surface area contributed by atoms with Gasteiger partial charge in [-0.25, -0.2) is 0 Å². The molecule has 0 spiro atoms. The van der Waals surface area contributed by atoms with E-state index in [-0.39, 0.29) is 0 Å². The van der Waals surface area contributed by atoms with Gasteiger partial charge in [-0.3, -0.25) is 0 Å². The molecule has 0 aromatic carbocycles. The maximum atomic E-state index is 5.42. The first-order chi connectivity index (χ1) is 4.35. The van der Waals surface area contributed by atoms with Crippen LogP contribution in [-0.2, 0) is 9.47 Å². The van der Waals surface area contributed by atoms with Crippen LogP contribution < -0.4 is 0 Å². The van der Waals surface area contributed by atoms with E-state index in [1.165, 1.54) is 0 Å². The largest absolute Gasteiger partial charge is 0.469 e. The highest BCUT2D eigenvalue weighted by Crippen LogP contribution is 1.92. The van der Waals surface area contributed by atoms with Crippen LogP contribution in [0.2, 0.25) is 0 Å². The van der Waals surface area contributed by atoms with E-state index in [1.54, 1.807) is 14.2 Å². The normalized spacial score (nSPS) is 8.33. The summed E-state index contributed by atoms with van der Waals surface area (Å²) in [5.41, 5.74) is 2.45. The summed E-state index contributed by atoms with van der Waals surface area (Å²) in [4.78, 5) is 0. The Morgan fingerprint density at radius 3 is 2.44 bits per heavy atom. The van der Waals surface area contributed by atoms with Crippen LogP contribution in [0.1, 0.15) is 0 Å². The second-order valence-corrected chi connectivity index (χ2v) is 2.98. The standard InChI is InChI=1S/C5H9ClO2Si/c1-7-5(8-2)3-9-4-6/h3H,4H2,1-2H3. The van der Waals surface area contributed by atoms with Crippen LogP contribution in [0.3, 0.4) is 0 Å². The van der Waals surface area contributed by atoms with Crippen molar-refractivity contribution >= 4 is 21.1 Å². The van der Waals surface area contributed by atoms with Crippen molar-refractivity contribution in [1.29, 1.82) is 0 Å². The lowest BCUT2D eigenvalue weighted by atomic mass is 11.0. The minimum absolute atomic E-state index is 0.536. The Morgan fingerprint density at radius 2 is 2.11 bits per heavy atom. The van der Waals surface area contributed by atoms with E-state index in [0.29, 0.717) is 21.0 Å². The lowest BCUT2D eigenvalue weighted by molar-refractivity contribution is 0.0964. The summed E-state index contributed by atoms with van der Waals surface area (Å²) in [5.74, 6) is 0.536. The Kier molecular flexibility index (Phi) is 5.87. The van der Waals surface area contributed by atoms with Gasteiger partial charge < -0.3 is 9.47 Å². The summed E-state index contributed by atoms with van der Waals surface area (Å²) in [6, 6.07) is 0. The van der Waals surface area contributed by atoms with Crippen molar-refractivity contribution in [3.8, 4) is 0 Å². The molecule has 0 atom stereocenters. The highest BCUT2D eigenvalue weighted by atomic mass is 35.5. The maximum absolute atomic E-state index is 5.42. The van der Waals surface area contributed by atoms with E-state index in [1.807, 2.05) is 5.70 Å². The summed E-state index contributed by atoms with van der Waals surface area (Å²) in [6.07, 6.45) is 0. The van der Waals surface area contributed by atoms with Gasteiger partial charge in [-0.05, 0) is 5.70 Å². The van der Waals surface area contributed by atoms with Gasteiger partial charge in [-0.15, -0.1) is 11.6 Å². The average Bonchev–Trinajstić information content (AvgIpc) is 1.91. The monoisotopic (exact) mass is 164 g/mol. The van der Waals surface area contributed by atoms with Crippen molar-refractivity contribution in [2.45, 2.75) is 0 Å². The summed E-state index contributed by atoms with van der Waals surface area (Å²) in [6.45, 7) is 0. The molecule has 2 nitrogen and oxygen atoms in total. The van der Waals surface area contributed by atoms with Crippen molar-refractivity contribution in [2.75, 3.05) is 19.7 Å². The molecule has 0 fully saturated rings. The zero-order chi connectivity index (χ0) is 7.11. The lowest BCUT2D eigenvalue weighted by Gasteiger charge is -2.01. The van der Waals surface area contributed by atoms with Gasteiger partial charge in [0, 0.05) is 5.50 Å². The van der Waals surface area contributed by atoms with Gasteiger partial charge in [0.1, 0.15) is 0 Å². The van der Waals surface area contributed by atoms with Crippen LogP contribution in [0.4, 0.5) is 0 Å². The van der Waals surface area contributed by atoms with Gasteiger partial charge in [0.25, 0.3) is 5.95 Å². The quantitative estimate of drug-likeness (QED) is 0.351. The van der Waals surface area contributed by atoms with E-state index in [0.717, 1.165) is 0 Å². The molecule has 0 saturated heterocycles. The molecule has 0 aromatic rings. The second-order valence-electron chi connectivity index (χ2n) is 1.21. The number of halogens is 1. The summed E-state index contributed by atoms with van der Waals surface area (Å²) < 4.78 is 9.58. The molecule has 2 radical (unpaired) electrons. The zero-order valence-corrected chi connectivity index (χ0v) is 7.23. The number of alkyl halides is 1. The number of ether oxygens (including phenoxy) is 2. The Labute approximate surface area is 62.6 Å². The molecule has 0 aliphatic carbocycles. The molecule has 0 aliphatic heterocycles. The lowest BCUT2D eigenvalue weighted by Crippen LogP contribution is -1.94. The van der Waals surface area contributed by atoms with Gasteiger partial charge >= 0.3 is 0 Å². The molecule has 0 bridgehead atoms. The number of methoxy groups -OCH3 is 2. The molecule has 0 N–H and O–H groups in total. The van der Waals surface area contributed by atoms with Crippen LogP contribution in [0, 0.1) is 0 Å². The fraction of sp³-hybridized carbons (Fsp3) is 0.600. The molecular weight excluding hydrogens is 156 g/mol. The van der Waals surface area contributed by atoms with E-state index >= 15 is 0 Å². The third kappa shape index (κ3) is 4.36. The van der Waals surface area contributed by atoms with E-state index in [2.05, 4.69) is 0 Å². The summed E-state index contributed by atoms with van der Waals surface area (Å²) in [5, 5.41) is 0.